The van der Waals surface area contributed by atoms with Gasteiger partial charge < -0.3 is 5.32 Å². The molecule has 18 heavy (non-hydrogen) atoms. The molecule has 2 aliphatic carbocycles. The molecule has 0 bridgehead atoms. The molecule has 0 aliphatic heterocycles. The maximum Gasteiger partial charge on any atom is 0.248 e. The topological polar surface area (TPSA) is 29.1 Å². The Morgan fingerprint density at radius 3 is 2.44 bits per heavy atom. The van der Waals surface area contributed by atoms with Crippen LogP contribution >= 0.6 is 15.9 Å². The zero-order chi connectivity index (χ0) is 13.2. The zero-order valence-corrected chi connectivity index (χ0v) is 12.1. The molecule has 2 aliphatic rings. The number of carbonyl (C=O) groups is 1. The molecule has 0 aromatic heterocycles. The van der Waals surface area contributed by atoms with Crippen molar-refractivity contribution >= 4 is 21.8 Å². The molecule has 0 radical (unpaired) electrons. The summed E-state index contributed by atoms with van der Waals surface area (Å²) in [6.07, 6.45) is 4.81. The maximum absolute atomic E-state index is 13.3. The van der Waals surface area contributed by atoms with Crippen LogP contribution in [0.5, 0.6) is 0 Å². The summed E-state index contributed by atoms with van der Waals surface area (Å²) in [7, 11) is 0. The van der Waals surface area contributed by atoms with Crippen LogP contribution in [0.25, 0.3) is 0 Å². The number of halogens is 3. The second-order valence-corrected chi connectivity index (χ2v) is 6.32. The van der Waals surface area contributed by atoms with Crippen LogP contribution < -0.4 is 5.32 Å². The van der Waals surface area contributed by atoms with Gasteiger partial charge in [-0.3, -0.25) is 4.79 Å². The third-order valence-corrected chi connectivity index (χ3v) is 5.29. The highest BCUT2D eigenvalue weighted by molar-refractivity contribution is 9.09. The minimum atomic E-state index is -2.66. The van der Waals surface area contributed by atoms with E-state index < -0.39 is 11.8 Å². The van der Waals surface area contributed by atoms with Gasteiger partial charge in [-0.15, -0.1) is 0 Å². The monoisotopic (exact) mass is 323 g/mol. The Bertz CT molecular complexity index is 316. The van der Waals surface area contributed by atoms with Gasteiger partial charge in [0.15, 0.2) is 0 Å². The fourth-order valence-corrected chi connectivity index (χ4v) is 3.80. The number of hydrogen-bond donors (Lipinski definition) is 1. The van der Waals surface area contributed by atoms with E-state index in [-0.39, 0.29) is 24.3 Å². The molecule has 2 fully saturated rings. The van der Waals surface area contributed by atoms with Crippen molar-refractivity contribution in [3.8, 4) is 0 Å². The molecule has 0 aromatic carbocycles. The molecule has 104 valence electrons. The van der Waals surface area contributed by atoms with Crippen molar-refractivity contribution in [2.45, 2.75) is 62.8 Å². The summed E-state index contributed by atoms with van der Waals surface area (Å²) in [5.74, 6) is -3.33. The van der Waals surface area contributed by atoms with Crippen LogP contribution in [0, 0.1) is 5.92 Å². The molecule has 2 rings (SSSR count). The van der Waals surface area contributed by atoms with E-state index in [1.807, 2.05) is 0 Å². The molecule has 0 heterocycles. The van der Waals surface area contributed by atoms with Crippen molar-refractivity contribution in [3.05, 3.63) is 0 Å². The Labute approximate surface area is 115 Å². The van der Waals surface area contributed by atoms with E-state index in [1.165, 1.54) is 0 Å². The standard InChI is InChI=1S/C13H20BrF2NO/c14-9-12(5-1-2-6-12)17-11(18)10-4-3-7-13(15,16)8-10/h10H,1-9H2,(H,17,18). The normalized spacial score (nSPS) is 30.1. The lowest BCUT2D eigenvalue weighted by molar-refractivity contribution is -0.133. The Morgan fingerprint density at radius 2 is 1.89 bits per heavy atom. The van der Waals surface area contributed by atoms with Gasteiger partial charge >= 0.3 is 0 Å². The molecule has 1 N–H and O–H groups in total. The van der Waals surface area contributed by atoms with E-state index in [1.54, 1.807) is 0 Å². The molecule has 1 atom stereocenters. The minimum Gasteiger partial charge on any atom is -0.350 e. The van der Waals surface area contributed by atoms with Gasteiger partial charge in [0.1, 0.15) is 0 Å². The largest absolute Gasteiger partial charge is 0.350 e. The molecule has 2 saturated carbocycles. The van der Waals surface area contributed by atoms with Crippen molar-refractivity contribution < 1.29 is 13.6 Å². The van der Waals surface area contributed by atoms with E-state index in [0.717, 1.165) is 31.0 Å². The molecule has 0 saturated heterocycles. The highest BCUT2D eigenvalue weighted by Gasteiger charge is 2.42. The van der Waals surface area contributed by atoms with E-state index in [9.17, 15) is 13.6 Å². The van der Waals surface area contributed by atoms with Gasteiger partial charge in [0.2, 0.25) is 11.8 Å². The highest BCUT2D eigenvalue weighted by Crippen LogP contribution is 2.38. The van der Waals surface area contributed by atoms with Gasteiger partial charge in [-0.1, -0.05) is 28.8 Å². The van der Waals surface area contributed by atoms with Crippen molar-refractivity contribution in [2.24, 2.45) is 5.92 Å². The summed E-state index contributed by atoms with van der Waals surface area (Å²) < 4.78 is 26.6. The molecule has 0 aromatic rings. The summed E-state index contributed by atoms with van der Waals surface area (Å²) in [6.45, 7) is 0. The van der Waals surface area contributed by atoms with Crippen molar-refractivity contribution in [2.75, 3.05) is 5.33 Å². The lowest BCUT2D eigenvalue weighted by Crippen LogP contribution is -2.51. The third kappa shape index (κ3) is 3.22. The fourth-order valence-electron chi connectivity index (χ4n) is 3.10. The molecule has 5 heteroatoms. The van der Waals surface area contributed by atoms with Gasteiger partial charge in [-0.05, 0) is 25.7 Å². The summed E-state index contributed by atoms with van der Waals surface area (Å²) in [4.78, 5) is 12.1. The van der Waals surface area contributed by atoms with Crippen LogP contribution in [-0.2, 0) is 4.79 Å². The van der Waals surface area contributed by atoms with Gasteiger partial charge in [0.05, 0.1) is 0 Å². The Kier molecular flexibility index (Phi) is 4.29. The van der Waals surface area contributed by atoms with Crippen LogP contribution in [0.1, 0.15) is 51.4 Å². The molecule has 2 nitrogen and oxygen atoms in total. The lowest BCUT2D eigenvalue weighted by atomic mass is 9.85. The van der Waals surface area contributed by atoms with Gasteiger partial charge in [-0.2, -0.15) is 0 Å². The van der Waals surface area contributed by atoms with Gasteiger partial charge in [0.25, 0.3) is 0 Å². The van der Waals surface area contributed by atoms with E-state index >= 15 is 0 Å². The van der Waals surface area contributed by atoms with Crippen LogP contribution in [0.15, 0.2) is 0 Å². The van der Waals surface area contributed by atoms with Gasteiger partial charge in [0, 0.05) is 29.6 Å². The quantitative estimate of drug-likeness (QED) is 0.789. The van der Waals surface area contributed by atoms with Crippen LogP contribution in [-0.4, -0.2) is 22.7 Å². The number of carbonyl (C=O) groups excluding carboxylic acids is 1. The first-order valence-electron chi connectivity index (χ1n) is 6.72. The first-order chi connectivity index (χ1) is 8.46. The second kappa shape index (κ2) is 5.43. The summed E-state index contributed by atoms with van der Waals surface area (Å²) in [5.41, 5.74) is -0.191. The van der Waals surface area contributed by atoms with Crippen molar-refractivity contribution in [3.63, 3.8) is 0 Å². The number of rotatable bonds is 3. The highest BCUT2D eigenvalue weighted by atomic mass is 79.9. The van der Waals surface area contributed by atoms with Gasteiger partial charge in [-0.25, -0.2) is 8.78 Å². The molecular formula is C13H20BrF2NO. The molecule has 0 spiro atoms. The third-order valence-electron chi connectivity index (χ3n) is 4.22. The van der Waals surface area contributed by atoms with Crippen LogP contribution in [0.2, 0.25) is 0 Å². The zero-order valence-electron chi connectivity index (χ0n) is 10.5. The number of alkyl halides is 3. The van der Waals surface area contributed by atoms with E-state index in [4.69, 9.17) is 0 Å². The first-order valence-corrected chi connectivity index (χ1v) is 7.84. The number of nitrogens with one attached hydrogen (secondary N) is 1. The summed E-state index contributed by atoms with van der Waals surface area (Å²) in [6, 6.07) is 0. The van der Waals surface area contributed by atoms with Crippen molar-refractivity contribution in [1.29, 1.82) is 0 Å². The Morgan fingerprint density at radius 1 is 1.22 bits per heavy atom. The fraction of sp³-hybridized carbons (Fsp3) is 0.923. The molecule has 1 amide bonds. The molecular weight excluding hydrogens is 304 g/mol. The predicted octanol–water partition coefficient (Wildman–Crippen LogP) is 3.64. The Balaban J connectivity index is 1.95. The average Bonchev–Trinajstić information content (AvgIpc) is 2.77. The SMILES string of the molecule is O=C(NC1(CBr)CCCC1)C1CCCC(F)(F)C1. The van der Waals surface area contributed by atoms with E-state index in [2.05, 4.69) is 21.2 Å². The second-order valence-electron chi connectivity index (χ2n) is 5.76. The summed E-state index contributed by atoms with van der Waals surface area (Å²) >= 11 is 3.45. The predicted molar refractivity (Wildman–Crippen MR) is 70.0 cm³/mol. The van der Waals surface area contributed by atoms with E-state index in [0.29, 0.717) is 12.8 Å². The molecule has 1 unspecified atom stereocenters. The minimum absolute atomic E-state index is 0.0691. The average molecular weight is 324 g/mol. The smallest absolute Gasteiger partial charge is 0.248 e. The number of hydrogen-bond acceptors (Lipinski definition) is 1. The van der Waals surface area contributed by atoms with Crippen LogP contribution in [0.3, 0.4) is 0 Å². The number of amides is 1. The van der Waals surface area contributed by atoms with Crippen LogP contribution in [0.4, 0.5) is 8.78 Å². The Hall–Kier alpha value is -0.190. The first kappa shape index (κ1) is 14.2. The maximum atomic E-state index is 13.3. The lowest BCUT2D eigenvalue weighted by Gasteiger charge is -2.33. The van der Waals surface area contributed by atoms with Crippen molar-refractivity contribution in [1.82, 2.24) is 5.32 Å². The summed E-state index contributed by atoms with van der Waals surface area (Å²) in [5, 5.41) is 3.75.